The minimum absolute atomic E-state index is 0.0786. The molecule has 0 aliphatic carbocycles. The third-order valence-corrected chi connectivity index (χ3v) is 9.10. The quantitative estimate of drug-likeness (QED) is 0.248. The summed E-state index contributed by atoms with van der Waals surface area (Å²) in [7, 11) is 0. The van der Waals surface area contributed by atoms with Gasteiger partial charge in [-0.05, 0) is 73.7 Å². The summed E-state index contributed by atoms with van der Waals surface area (Å²) in [5.41, 5.74) is -1.07. The smallest absolute Gasteiger partial charge is 0.354 e. The fraction of sp³-hybridized carbons (Fsp3) is 0.457. The number of carbonyl (C=O) groups excluding carboxylic acids is 1. The molecule has 2 saturated heterocycles. The van der Waals surface area contributed by atoms with Gasteiger partial charge in [0.15, 0.2) is 0 Å². The molecule has 5 rings (SSSR count). The number of nitrogens with one attached hydrogen (secondary N) is 1. The van der Waals surface area contributed by atoms with E-state index in [2.05, 4.69) is 15.1 Å². The van der Waals surface area contributed by atoms with Crippen LogP contribution in [0.25, 0.3) is 0 Å². The minimum atomic E-state index is -4.98. The lowest BCUT2D eigenvalue weighted by Gasteiger charge is -2.45. The summed E-state index contributed by atoms with van der Waals surface area (Å²) in [6.45, 7) is 4.06. The zero-order chi connectivity index (χ0) is 32.0. The molecule has 2 aliphatic heterocycles. The number of likely N-dealkylation sites (tertiary alicyclic amines) is 2. The fourth-order valence-corrected chi connectivity index (χ4v) is 6.87. The van der Waals surface area contributed by atoms with Crippen LogP contribution in [0.3, 0.4) is 0 Å². The van der Waals surface area contributed by atoms with E-state index in [-0.39, 0.29) is 30.1 Å². The predicted octanol–water partition coefficient (Wildman–Crippen LogP) is 7.53. The van der Waals surface area contributed by atoms with Gasteiger partial charge in [-0.25, -0.2) is 0 Å². The fourth-order valence-electron chi connectivity index (χ4n) is 6.87. The number of hydrogen-bond donors (Lipinski definition) is 1. The van der Waals surface area contributed by atoms with E-state index >= 15 is 0 Å². The first-order valence-corrected chi connectivity index (χ1v) is 15.6. The number of alkyl halides is 6. The predicted molar refractivity (Wildman–Crippen MR) is 162 cm³/mol. The zero-order valence-electron chi connectivity index (χ0n) is 25.1. The van der Waals surface area contributed by atoms with E-state index in [1.807, 2.05) is 60.7 Å². The maximum Gasteiger partial charge on any atom is 0.416 e. The van der Waals surface area contributed by atoms with Crippen LogP contribution in [0, 0.1) is 0 Å². The van der Waals surface area contributed by atoms with Crippen molar-refractivity contribution in [3.05, 3.63) is 107 Å². The molecule has 1 N–H and O–H groups in total. The Balaban J connectivity index is 1.38. The van der Waals surface area contributed by atoms with Crippen molar-refractivity contribution in [1.82, 2.24) is 15.1 Å². The molecule has 0 radical (unpaired) electrons. The molecule has 2 heterocycles. The van der Waals surface area contributed by atoms with Gasteiger partial charge in [0.25, 0.3) is 0 Å². The average molecular weight is 632 g/mol. The zero-order valence-corrected chi connectivity index (χ0v) is 25.1. The first kappa shape index (κ1) is 33.0. The van der Waals surface area contributed by atoms with Crippen LogP contribution < -0.4 is 5.32 Å². The van der Waals surface area contributed by atoms with Crippen molar-refractivity contribution < 1.29 is 31.1 Å². The molecule has 1 amide bonds. The first-order chi connectivity index (χ1) is 21.5. The molecule has 3 aromatic carbocycles. The Morgan fingerprint density at radius 3 is 1.73 bits per heavy atom. The highest BCUT2D eigenvalue weighted by atomic mass is 19.4. The monoisotopic (exact) mass is 631 g/mol. The van der Waals surface area contributed by atoms with Gasteiger partial charge in [-0.1, -0.05) is 67.1 Å². The molecule has 45 heavy (non-hydrogen) atoms. The van der Waals surface area contributed by atoms with Crippen molar-refractivity contribution >= 4 is 5.91 Å². The SMILES string of the molecule is O=C(Cc1cc(C(F)(F)F)cc(C(F)(F)F)c1)NCC(C(c1ccccc1)c1ccccc1)N1CCC(N2CCCCC2)CC1. The number of rotatable bonds is 9. The maximum absolute atomic E-state index is 13.4. The first-order valence-electron chi connectivity index (χ1n) is 15.6. The summed E-state index contributed by atoms with van der Waals surface area (Å²) < 4.78 is 80.5. The number of amides is 1. The van der Waals surface area contributed by atoms with Crippen LogP contribution in [-0.4, -0.2) is 60.5 Å². The summed E-state index contributed by atoms with van der Waals surface area (Å²) in [5, 5.41) is 2.89. The number of halogens is 6. The van der Waals surface area contributed by atoms with E-state index < -0.39 is 35.8 Å². The third-order valence-electron chi connectivity index (χ3n) is 9.10. The normalized spacial score (nSPS) is 18.2. The number of piperidine rings is 2. The molecule has 0 aromatic heterocycles. The van der Waals surface area contributed by atoms with Crippen LogP contribution in [0.5, 0.6) is 0 Å². The third kappa shape index (κ3) is 8.67. The highest BCUT2D eigenvalue weighted by Crippen LogP contribution is 2.37. The van der Waals surface area contributed by atoms with E-state index in [0.717, 1.165) is 50.1 Å². The molecule has 2 fully saturated rings. The molecule has 4 nitrogen and oxygen atoms in total. The highest BCUT2D eigenvalue weighted by molar-refractivity contribution is 5.78. The number of carbonyl (C=O) groups is 1. The summed E-state index contributed by atoms with van der Waals surface area (Å²) >= 11 is 0. The highest BCUT2D eigenvalue weighted by Gasteiger charge is 2.38. The molecule has 10 heteroatoms. The Morgan fingerprint density at radius 2 is 1.24 bits per heavy atom. The lowest BCUT2D eigenvalue weighted by molar-refractivity contribution is -0.143. The summed E-state index contributed by atoms with van der Waals surface area (Å²) in [6.07, 6.45) is -4.86. The van der Waals surface area contributed by atoms with Crippen molar-refractivity contribution in [3.63, 3.8) is 0 Å². The summed E-state index contributed by atoms with van der Waals surface area (Å²) in [5.74, 6) is -0.750. The van der Waals surface area contributed by atoms with Gasteiger partial charge in [0.05, 0.1) is 17.5 Å². The van der Waals surface area contributed by atoms with Crippen molar-refractivity contribution in [3.8, 4) is 0 Å². The van der Waals surface area contributed by atoms with Crippen LogP contribution in [0.2, 0.25) is 0 Å². The number of nitrogens with zero attached hydrogens (tertiary/aromatic N) is 2. The van der Waals surface area contributed by atoms with Crippen LogP contribution in [0.15, 0.2) is 78.9 Å². The Bertz CT molecular complexity index is 1310. The van der Waals surface area contributed by atoms with E-state index in [0.29, 0.717) is 18.2 Å². The van der Waals surface area contributed by atoms with Crippen molar-refractivity contribution in [2.24, 2.45) is 0 Å². The maximum atomic E-state index is 13.4. The van der Waals surface area contributed by atoms with E-state index in [1.54, 1.807) is 0 Å². The second kappa shape index (κ2) is 14.4. The van der Waals surface area contributed by atoms with Crippen LogP contribution >= 0.6 is 0 Å². The van der Waals surface area contributed by atoms with Gasteiger partial charge in [-0.2, -0.15) is 26.3 Å². The van der Waals surface area contributed by atoms with E-state index in [1.165, 1.54) is 19.3 Å². The van der Waals surface area contributed by atoms with Gasteiger partial charge in [-0.3, -0.25) is 9.69 Å². The topological polar surface area (TPSA) is 35.6 Å². The molecule has 2 aliphatic rings. The van der Waals surface area contributed by atoms with Gasteiger partial charge in [0, 0.05) is 37.6 Å². The van der Waals surface area contributed by atoms with Crippen molar-refractivity contribution in [2.45, 2.75) is 68.9 Å². The molecule has 0 spiro atoms. The Kier molecular flexibility index (Phi) is 10.5. The lowest BCUT2D eigenvalue weighted by Crippen LogP contribution is -2.53. The second-order valence-electron chi connectivity index (χ2n) is 12.1. The van der Waals surface area contributed by atoms with Crippen molar-refractivity contribution in [2.75, 3.05) is 32.7 Å². The van der Waals surface area contributed by atoms with Crippen LogP contribution in [-0.2, 0) is 23.6 Å². The minimum Gasteiger partial charge on any atom is -0.354 e. The standard InChI is InChI=1S/C35H39F6N3O/c36-34(37,38)28-20-25(21-29(23-28)35(39,40)41)22-32(45)42-24-31(44-18-14-30(15-19-44)43-16-8-3-9-17-43)33(26-10-4-1-5-11-26)27-12-6-2-7-13-27/h1-2,4-7,10-13,20-21,23,30-31,33H,3,8-9,14-19,22,24H2,(H,42,45). The van der Waals surface area contributed by atoms with Gasteiger partial charge in [0.2, 0.25) is 5.91 Å². The number of hydrogen-bond acceptors (Lipinski definition) is 3. The molecule has 242 valence electrons. The van der Waals surface area contributed by atoms with Gasteiger partial charge >= 0.3 is 12.4 Å². The average Bonchev–Trinajstić information content (AvgIpc) is 3.03. The Labute approximate surface area is 260 Å². The van der Waals surface area contributed by atoms with Gasteiger partial charge in [0.1, 0.15) is 0 Å². The molecular formula is C35H39F6N3O. The molecule has 1 atom stereocenters. The largest absolute Gasteiger partial charge is 0.416 e. The summed E-state index contributed by atoms with van der Waals surface area (Å²) in [4.78, 5) is 18.2. The molecule has 0 bridgehead atoms. The van der Waals surface area contributed by atoms with Crippen molar-refractivity contribution in [1.29, 1.82) is 0 Å². The van der Waals surface area contributed by atoms with Gasteiger partial charge < -0.3 is 10.2 Å². The van der Waals surface area contributed by atoms with Gasteiger partial charge in [-0.15, -0.1) is 0 Å². The van der Waals surface area contributed by atoms with E-state index in [4.69, 9.17) is 0 Å². The number of benzene rings is 3. The second-order valence-corrected chi connectivity index (χ2v) is 12.1. The lowest BCUT2D eigenvalue weighted by atomic mass is 9.83. The molecule has 1 unspecified atom stereocenters. The van der Waals surface area contributed by atoms with E-state index in [9.17, 15) is 31.1 Å². The Morgan fingerprint density at radius 1 is 0.733 bits per heavy atom. The van der Waals surface area contributed by atoms with Crippen LogP contribution in [0.1, 0.15) is 65.8 Å². The molecule has 3 aromatic rings. The molecule has 0 saturated carbocycles. The summed E-state index contributed by atoms with van der Waals surface area (Å²) in [6, 6.07) is 21.6. The molecular weight excluding hydrogens is 592 g/mol. The Hall–Kier alpha value is -3.37. The van der Waals surface area contributed by atoms with Crippen LogP contribution in [0.4, 0.5) is 26.3 Å².